The van der Waals surface area contributed by atoms with E-state index in [1.165, 1.54) is 32.3 Å². The van der Waals surface area contributed by atoms with Crippen molar-refractivity contribution in [2.24, 2.45) is 0 Å². The lowest BCUT2D eigenvalue weighted by Gasteiger charge is -2.36. The van der Waals surface area contributed by atoms with E-state index < -0.39 is 10.0 Å². The maximum absolute atomic E-state index is 13.1. The summed E-state index contributed by atoms with van der Waals surface area (Å²) in [6, 6.07) is 12.7. The maximum Gasteiger partial charge on any atom is 0.317 e. The van der Waals surface area contributed by atoms with Crippen LogP contribution < -0.4 is 10.2 Å². The molecular formula is C20H25FN4O3S. The van der Waals surface area contributed by atoms with E-state index in [0.717, 1.165) is 9.99 Å². The average Bonchev–Trinajstić information content (AvgIpc) is 2.73. The largest absolute Gasteiger partial charge is 0.368 e. The second-order valence-electron chi connectivity index (χ2n) is 7.00. The molecule has 0 bridgehead atoms. The normalized spacial score (nSPS) is 14.9. The minimum Gasteiger partial charge on any atom is -0.368 e. The molecule has 1 fully saturated rings. The Labute approximate surface area is 170 Å². The number of nitrogens with one attached hydrogen (secondary N) is 1. The molecule has 2 amide bonds. The molecule has 156 valence electrons. The Kier molecular flexibility index (Phi) is 6.39. The van der Waals surface area contributed by atoms with Crippen LogP contribution in [-0.2, 0) is 16.6 Å². The van der Waals surface area contributed by atoms with Gasteiger partial charge in [-0.05, 0) is 35.9 Å². The summed E-state index contributed by atoms with van der Waals surface area (Å²) in [5.74, 6) is -0.275. The van der Waals surface area contributed by atoms with Crippen molar-refractivity contribution < 1.29 is 17.6 Å². The summed E-state index contributed by atoms with van der Waals surface area (Å²) >= 11 is 0. The van der Waals surface area contributed by atoms with Gasteiger partial charge >= 0.3 is 6.03 Å². The van der Waals surface area contributed by atoms with Gasteiger partial charge in [0.1, 0.15) is 5.82 Å². The van der Waals surface area contributed by atoms with Crippen molar-refractivity contribution in [2.75, 3.05) is 45.2 Å². The van der Waals surface area contributed by atoms with Crippen molar-refractivity contribution in [1.82, 2.24) is 14.5 Å². The number of rotatable bonds is 5. The van der Waals surface area contributed by atoms with Crippen LogP contribution in [0.25, 0.3) is 0 Å². The molecule has 1 saturated heterocycles. The Balaban J connectivity index is 1.58. The van der Waals surface area contributed by atoms with E-state index in [4.69, 9.17) is 0 Å². The topological polar surface area (TPSA) is 73.0 Å². The van der Waals surface area contributed by atoms with Gasteiger partial charge < -0.3 is 15.1 Å². The van der Waals surface area contributed by atoms with Crippen LogP contribution in [0.3, 0.4) is 0 Å². The minimum atomic E-state index is -3.59. The highest BCUT2D eigenvalue weighted by atomic mass is 32.2. The van der Waals surface area contributed by atoms with Crippen molar-refractivity contribution in [2.45, 2.75) is 11.4 Å². The first-order valence-corrected chi connectivity index (χ1v) is 10.8. The van der Waals surface area contributed by atoms with E-state index in [1.807, 2.05) is 0 Å². The summed E-state index contributed by atoms with van der Waals surface area (Å²) in [6.45, 7) is 2.47. The highest BCUT2D eigenvalue weighted by Crippen LogP contribution is 2.19. The quantitative estimate of drug-likeness (QED) is 0.804. The first-order valence-electron chi connectivity index (χ1n) is 9.33. The van der Waals surface area contributed by atoms with Crippen molar-refractivity contribution in [3.8, 4) is 0 Å². The molecule has 3 rings (SSSR count). The summed E-state index contributed by atoms with van der Waals surface area (Å²) in [7, 11) is -0.631. The van der Waals surface area contributed by atoms with Gasteiger partial charge in [-0.25, -0.2) is 21.9 Å². The summed E-state index contributed by atoms with van der Waals surface area (Å²) in [5, 5.41) is 2.82. The van der Waals surface area contributed by atoms with E-state index >= 15 is 0 Å². The van der Waals surface area contributed by atoms with Gasteiger partial charge in [-0.15, -0.1) is 0 Å². The number of nitrogens with zero attached hydrogens (tertiary/aromatic N) is 3. The van der Waals surface area contributed by atoms with Crippen molar-refractivity contribution in [3.05, 3.63) is 59.9 Å². The average molecular weight is 421 g/mol. The van der Waals surface area contributed by atoms with Gasteiger partial charge in [0.2, 0.25) is 10.0 Å². The maximum atomic E-state index is 13.1. The van der Waals surface area contributed by atoms with Crippen molar-refractivity contribution in [3.63, 3.8) is 0 Å². The molecule has 7 nitrogen and oxygen atoms in total. The second kappa shape index (κ2) is 8.79. The number of amides is 2. The Morgan fingerprint density at radius 3 is 2.28 bits per heavy atom. The van der Waals surface area contributed by atoms with E-state index in [1.54, 1.807) is 35.2 Å². The monoisotopic (exact) mass is 420 g/mol. The van der Waals surface area contributed by atoms with Gasteiger partial charge in [-0.3, -0.25) is 0 Å². The number of hydrogen-bond acceptors (Lipinski definition) is 4. The van der Waals surface area contributed by atoms with Crippen molar-refractivity contribution >= 4 is 21.7 Å². The fourth-order valence-corrected chi connectivity index (χ4v) is 4.32. The highest BCUT2D eigenvalue weighted by Gasteiger charge is 2.23. The molecule has 9 heteroatoms. The fraction of sp³-hybridized carbons (Fsp3) is 0.350. The predicted octanol–water partition coefficient (Wildman–Crippen LogP) is 2.11. The zero-order valence-electron chi connectivity index (χ0n) is 16.5. The summed E-state index contributed by atoms with van der Waals surface area (Å²) in [6.07, 6.45) is 0. The van der Waals surface area contributed by atoms with Gasteiger partial charge in [0.05, 0.1) is 4.90 Å². The molecule has 1 aliphatic rings. The Morgan fingerprint density at radius 1 is 1.03 bits per heavy atom. The zero-order valence-corrected chi connectivity index (χ0v) is 17.3. The van der Waals surface area contributed by atoms with Gasteiger partial charge in [0.15, 0.2) is 0 Å². The lowest BCUT2D eigenvalue weighted by Crippen LogP contribution is -2.51. The van der Waals surface area contributed by atoms with Crippen LogP contribution in [0.15, 0.2) is 53.4 Å². The smallest absolute Gasteiger partial charge is 0.317 e. The molecule has 1 N–H and O–H groups in total. The molecule has 0 aromatic heterocycles. The molecule has 0 atom stereocenters. The summed E-state index contributed by atoms with van der Waals surface area (Å²) < 4.78 is 39.2. The lowest BCUT2D eigenvalue weighted by molar-refractivity contribution is 0.194. The number of benzene rings is 2. The SMILES string of the molecule is CN(C)S(=O)(=O)c1ccccc1CNC(=O)N1CCN(c2ccc(F)cc2)CC1. The molecule has 0 saturated carbocycles. The predicted molar refractivity (Wildman–Crippen MR) is 110 cm³/mol. The Morgan fingerprint density at radius 2 is 1.66 bits per heavy atom. The van der Waals surface area contributed by atoms with Crippen LogP contribution >= 0.6 is 0 Å². The van der Waals surface area contributed by atoms with Gasteiger partial charge in [-0.1, -0.05) is 18.2 Å². The summed E-state index contributed by atoms with van der Waals surface area (Å²) in [5.41, 5.74) is 1.47. The third-order valence-electron chi connectivity index (χ3n) is 4.92. The number of piperazine rings is 1. The number of anilines is 1. The van der Waals surface area contributed by atoms with Crippen LogP contribution in [0.5, 0.6) is 0 Å². The molecular weight excluding hydrogens is 395 g/mol. The van der Waals surface area contributed by atoms with Gasteiger partial charge in [0, 0.05) is 52.5 Å². The molecule has 0 unspecified atom stereocenters. The second-order valence-corrected chi connectivity index (χ2v) is 9.12. The van der Waals surface area contributed by atoms with E-state index in [2.05, 4.69) is 10.2 Å². The van der Waals surface area contributed by atoms with Crippen LogP contribution in [0, 0.1) is 5.82 Å². The number of sulfonamides is 1. The van der Waals surface area contributed by atoms with E-state index in [9.17, 15) is 17.6 Å². The Bertz CT molecular complexity index is 956. The Hall–Kier alpha value is -2.65. The van der Waals surface area contributed by atoms with E-state index in [-0.39, 0.29) is 23.3 Å². The highest BCUT2D eigenvalue weighted by molar-refractivity contribution is 7.89. The van der Waals surface area contributed by atoms with Crippen LogP contribution in [0.2, 0.25) is 0 Å². The van der Waals surface area contributed by atoms with Crippen LogP contribution in [-0.4, -0.2) is 63.9 Å². The molecule has 29 heavy (non-hydrogen) atoms. The molecule has 2 aromatic rings. The van der Waals surface area contributed by atoms with E-state index in [0.29, 0.717) is 31.7 Å². The van der Waals surface area contributed by atoms with Crippen LogP contribution in [0.4, 0.5) is 14.9 Å². The molecule has 0 spiro atoms. The fourth-order valence-electron chi connectivity index (χ4n) is 3.20. The standard InChI is InChI=1S/C20H25FN4O3S/c1-23(2)29(27,28)19-6-4-3-5-16(19)15-22-20(26)25-13-11-24(12-14-25)18-9-7-17(21)8-10-18/h3-10H,11-15H2,1-2H3,(H,22,26). The number of carbonyl (C=O) groups excluding carboxylic acids is 1. The first kappa shape index (κ1) is 21.1. The molecule has 1 aliphatic heterocycles. The zero-order chi connectivity index (χ0) is 21.0. The minimum absolute atomic E-state index is 0.125. The molecule has 0 radical (unpaired) electrons. The third kappa shape index (κ3) is 4.86. The molecule has 0 aliphatic carbocycles. The van der Waals surface area contributed by atoms with Gasteiger partial charge in [-0.2, -0.15) is 0 Å². The van der Waals surface area contributed by atoms with Gasteiger partial charge in [0.25, 0.3) is 0 Å². The molecule has 1 heterocycles. The first-order chi connectivity index (χ1) is 13.8. The number of urea groups is 1. The lowest BCUT2D eigenvalue weighted by atomic mass is 10.2. The summed E-state index contributed by atoms with van der Waals surface area (Å²) in [4.78, 5) is 16.5. The van der Waals surface area contributed by atoms with Crippen molar-refractivity contribution in [1.29, 1.82) is 0 Å². The van der Waals surface area contributed by atoms with Crippen LogP contribution in [0.1, 0.15) is 5.56 Å². The molecule has 2 aromatic carbocycles. The third-order valence-corrected chi connectivity index (χ3v) is 6.84. The number of carbonyl (C=O) groups is 1. The number of hydrogen-bond donors (Lipinski definition) is 1. The number of halogens is 1.